The Bertz CT molecular complexity index is 1040. The summed E-state index contributed by atoms with van der Waals surface area (Å²) >= 11 is 1.60. The van der Waals surface area contributed by atoms with Crippen LogP contribution in [0.5, 0.6) is 0 Å². The average molecular weight is 398 g/mol. The highest BCUT2D eigenvalue weighted by atomic mass is 32.2. The lowest BCUT2D eigenvalue weighted by Gasteiger charge is -2.03. The van der Waals surface area contributed by atoms with Gasteiger partial charge in [0.15, 0.2) is 10.9 Å². The molecule has 9 heteroatoms. The first-order chi connectivity index (χ1) is 13.7. The maximum Gasteiger partial charge on any atom is 0.183 e. The Morgan fingerprint density at radius 1 is 1.29 bits per heavy atom. The van der Waals surface area contributed by atoms with Gasteiger partial charge in [0, 0.05) is 30.6 Å². The van der Waals surface area contributed by atoms with Gasteiger partial charge in [0.2, 0.25) is 0 Å². The van der Waals surface area contributed by atoms with Gasteiger partial charge in [-0.25, -0.2) is 14.1 Å². The summed E-state index contributed by atoms with van der Waals surface area (Å²) in [7, 11) is 0. The van der Waals surface area contributed by atoms with Crippen LogP contribution in [0.1, 0.15) is 11.3 Å². The molecule has 0 saturated heterocycles. The number of nitrogens with zero attached hydrogens (tertiary/aromatic N) is 4. The fourth-order valence-corrected chi connectivity index (χ4v) is 3.44. The van der Waals surface area contributed by atoms with Crippen molar-refractivity contribution in [3.63, 3.8) is 0 Å². The fourth-order valence-electron chi connectivity index (χ4n) is 2.77. The molecule has 4 aromatic rings. The molecule has 2 N–H and O–H groups in total. The molecule has 3 heterocycles. The van der Waals surface area contributed by atoms with Crippen LogP contribution >= 0.6 is 11.8 Å². The van der Waals surface area contributed by atoms with Gasteiger partial charge < -0.3 is 9.73 Å². The minimum Gasteiger partial charge on any atom is -0.460 e. The number of aromatic nitrogens is 5. The van der Waals surface area contributed by atoms with E-state index in [0.717, 1.165) is 34.5 Å². The van der Waals surface area contributed by atoms with Gasteiger partial charge in [0.25, 0.3) is 0 Å². The number of aryl methyl sites for hydroxylation is 1. The summed E-state index contributed by atoms with van der Waals surface area (Å²) in [5, 5.41) is 15.5. The molecule has 0 spiro atoms. The number of thioether (sulfide) groups is 1. The fraction of sp³-hybridized carbons (Fsp3) is 0.211. The number of hydrogen-bond donors (Lipinski definition) is 2. The van der Waals surface area contributed by atoms with Crippen molar-refractivity contribution in [2.75, 3.05) is 12.3 Å². The summed E-state index contributed by atoms with van der Waals surface area (Å²) < 4.78 is 21.0. The molecule has 0 saturated carbocycles. The molecule has 1 aromatic carbocycles. The molecular formula is C19H19FN6OS. The van der Waals surface area contributed by atoms with E-state index in [1.54, 1.807) is 22.5 Å². The lowest BCUT2D eigenvalue weighted by atomic mass is 10.2. The molecule has 0 aliphatic carbocycles. The average Bonchev–Trinajstić information content (AvgIpc) is 3.42. The largest absolute Gasteiger partial charge is 0.460 e. The van der Waals surface area contributed by atoms with E-state index in [0.29, 0.717) is 18.0 Å². The van der Waals surface area contributed by atoms with Crippen molar-refractivity contribution in [1.82, 2.24) is 30.3 Å². The first-order valence-electron chi connectivity index (χ1n) is 8.79. The number of furan rings is 1. The van der Waals surface area contributed by atoms with Crippen LogP contribution in [-0.4, -0.2) is 37.3 Å². The molecule has 7 nitrogen and oxygen atoms in total. The molecule has 0 radical (unpaired) electrons. The van der Waals surface area contributed by atoms with Gasteiger partial charge in [-0.3, -0.25) is 5.10 Å². The molecular weight excluding hydrogens is 379 g/mol. The zero-order valence-electron chi connectivity index (χ0n) is 15.2. The maximum atomic E-state index is 13.6. The lowest BCUT2D eigenvalue weighted by Crippen LogP contribution is -2.16. The minimum absolute atomic E-state index is 0.299. The van der Waals surface area contributed by atoms with Crippen molar-refractivity contribution < 1.29 is 8.81 Å². The van der Waals surface area contributed by atoms with Crippen LogP contribution in [-0.2, 0) is 6.54 Å². The maximum absolute atomic E-state index is 13.6. The van der Waals surface area contributed by atoms with E-state index in [2.05, 4.69) is 25.6 Å². The molecule has 4 rings (SSSR count). The van der Waals surface area contributed by atoms with Crippen molar-refractivity contribution in [2.24, 2.45) is 0 Å². The van der Waals surface area contributed by atoms with E-state index >= 15 is 0 Å². The zero-order chi connectivity index (χ0) is 19.3. The van der Waals surface area contributed by atoms with Crippen LogP contribution in [0, 0.1) is 12.7 Å². The third-order valence-electron chi connectivity index (χ3n) is 4.06. The van der Waals surface area contributed by atoms with E-state index in [4.69, 9.17) is 4.42 Å². The molecule has 0 fully saturated rings. The van der Waals surface area contributed by atoms with Gasteiger partial charge >= 0.3 is 0 Å². The second-order valence-electron chi connectivity index (χ2n) is 6.15. The standard InChI is InChI=1S/C19H19FN6OS/c1-13-5-6-17(27-13)18-14(10-21-7-8-28-19-22-12-23-24-19)11-26(25-18)16-4-2-3-15(20)9-16/h2-6,9,11-12,21H,7-8,10H2,1H3,(H,22,23,24). The number of rotatable bonds is 8. The monoisotopic (exact) mass is 398 g/mol. The van der Waals surface area contributed by atoms with E-state index in [-0.39, 0.29) is 5.82 Å². The number of nitrogens with one attached hydrogen (secondary N) is 2. The molecule has 0 bridgehead atoms. The Morgan fingerprint density at radius 2 is 2.21 bits per heavy atom. The molecule has 144 valence electrons. The van der Waals surface area contributed by atoms with E-state index in [1.165, 1.54) is 18.5 Å². The van der Waals surface area contributed by atoms with Gasteiger partial charge in [0.1, 0.15) is 23.6 Å². The van der Waals surface area contributed by atoms with Crippen molar-refractivity contribution in [3.8, 4) is 17.1 Å². The highest BCUT2D eigenvalue weighted by Crippen LogP contribution is 2.26. The molecule has 0 amide bonds. The Kier molecular flexibility index (Phi) is 5.54. The Morgan fingerprint density at radius 3 is 2.96 bits per heavy atom. The molecule has 3 aromatic heterocycles. The summed E-state index contributed by atoms with van der Waals surface area (Å²) in [5.74, 6) is 2.06. The smallest absolute Gasteiger partial charge is 0.183 e. The topological polar surface area (TPSA) is 84.6 Å². The summed E-state index contributed by atoms with van der Waals surface area (Å²) in [4.78, 5) is 4.08. The Labute approximate surface area is 165 Å². The number of hydrogen-bond acceptors (Lipinski definition) is 6. The minimum atomic E-state index is -0.299. The molecule has 0 aliphatic heterocycles. The van der Waals surface area contributed by atoms with Gasteiger partial charge in [-0.1, -0.05) is 17.8 Å². The van der Waals surface area contributed by atoms with Crippen LogP contribution < -0.4 is 5.32 Å². The normalized spacial score (nSPS) is 11.2. The molecule has 0 aliphatic rings. The van der Waals surface area contributed by atoms with Crippen LogP contribution in [0.3, 0.4) is 0 Å². The third kappa shape index (κ3) is 4.32. The summed E-state index contributed by atoms with van der Waals surface area (Å²) in [5.41, 5.74) is 2.38. The first-order valence-corrected chi connectivity index (χ1v) is 9.78. The molecule has 0 atom stereocenters. The van der Waals surface area contributed by atoms with Crippen molar-refractivity contribution in [3.05, 3.63) is 66.1 Å². The SMILES string of the molecule is Cc1ccc(-c2nn(-c3cccc(F)c3)cc2CNCCSc2ncn[nH]2)o1. The lowest BCUT2D eigenvalue weighted by molar-refractivity contribution is 0.544. The number of H-pyrrole nitrogens is 1. The quantitative estimate of drug-likeness (QED) is 0.349. The van der Waals surface area contributed by atoms with Gasteiger partial charge in [-0.2, -0.15) is 10.2 Å². The third-order valence-corrected chi connectivity index (χ3v) is 4.94. The van der Waals surface area contributed by atoms with E-state index in [1.807, 2.05) is 31.3 Å². The van der Waals surface area contributed by atoms with Crippen LogP contribution in [0.15, 0.2) is 58.5 Å². The van der Waals surface area contributed by atoms with E-state index < -0.39 is 0 Å². The predicted octanol–water partition coefficient (Wildman–Crippen LogP) is 3.58. The second-order valence-corrected chi connectivity index (χ2v) is 7.24. The Balaban J connectivity index is 1.49. The van der Waals surface area contributed by atoms with Crippen molar-refractivity contribution in [2.45, 2.75) is 18.6 Å². The molecule has 28 heavy (non-hydrogen) atoms. The first kappa shape index (κ1) is 18.5. The van der Waals surface area contributed by atoms with Crippen molar-refractivity contribution >= 4 is 11.8 Å². The summed E-state index contributed by atoms with van der Waals surface area (Å²) in [6.07, 6.45) is 3.40. The van der Waals surface area contributed by atoms with Gasteiger partial charge in [0.05, 0.1) is 5.69 Å². The van der Waals surface area contributed by atoms with Crippen LogP contribution in [0.2, 0.25) is 0 Å². The van der Waals surface area contributed by atoms with Crippen LogP contribution in [0.25, 0.3) is 17.1 Å². The number of halogens is 1. The van der Waals surface area contributed by atoms with Gasteiger partial charge in [-0.05, 0) is 37.3 Å². The summed E-state index contributed by atoms with van der Waals surface area (Å²) in [6, 6.07) is 10.2. The van der Waals surface area contributed by atoms with Crippen LogP contribution in [0.4, 0.5) is 4.39 Å². The van der Waals surface area contributed by atoms with Crippen molar-refractivity contribution in [1.29, 1.82) is 0 Å². The zero-order valence-corrected chi connectivity index (χ0v) is 16.0. The highest BCUT2D eigenvalue weighted by Gasteiger charge is 2.15. The van der Waals surface area contributed by atoms with E-state index in [9.17, 15) is 4.39 Å². The number of aromatic amines is 1. The van der Waals surface area contributed by atoms with Gasteiger partial charge in [-0.15, -0.1) is 0 Å². The second kappa shape index (κ2) is 8.41. The predicted molar refractivity (Wildman–Crippen MR) is 105 cm³/mol. The Hall–Kier alpha value is -2.91. The highest BCUT2D eigenvalue weighted by molar-refractivity contribution is 7.99. The number of benzene rings is 1. The summed E-state index contributed by atoms with van der Waals surface area (Å²) in [6.45, 7) is 3.29. The molecule has 0 unspecified atom stereocenters.